The van der Waals surface area contributed by atoms with Crippen LogP contribution < -0.4 is 5.73 Å². The van der Waals surface area contributed by atoms with E-state index < -0.39 is 0 Å². The molecule has 2 rings (SSSR count). The standard InChI is InChI=1S/C12H23NO/c13-10-9-12(7-4-8-12)14-11-5-2-1-3-6-11/h11H,1-10,13H2. The molecule has 2 aliphatic rings. The Morgan fingerprint density at radius 1 is 1.07 bits per heavy atom. The minimum atomic E-state index is 0.205. The Hall–Kier alpha value is -0.0800. The Morgan fingerprint density at radius 3 is 2.29 bits per heavy atom. The van der Waals surface area contributed by atoms with Crippen LogP contribution in [0.15, 0.2) is 0 Å². The smallest absolute Gasteiger partial charge is 0.0698 e. The maximum absolute atomic E-state index is 6.28. The summed E-state index contributed by atoms with van der Waals surface area (Å²) < 4.78 is 6.28. The van der Waals surface area contributed by atoms with Gasteiger partial charge in [0.2, 0.25) is 0 Å². The second-order valence-corrected chi connectivity index (χ2v) is 4.95. The highest BCUT2D eigenvalue weighted by Crippen LogP contribution is 2.41. The summed E-state index contributed by atoms with van der Waals surface area (Å²) >= 11 is 0. The fourth-order valence-electron chi connectivity index (χ4n) is 2.80. The zero-order valence-corrected chi connectivity index (χ0v) is 9.13. The van der Waals surface area contributed by atoms with Gasteiger partial charge in [0.05, 0.1) is 11.7 Å². The molecule has 0 aliphatic heterocycles. The monoisotopic (exact) mass is 197 g/mol. The zero-order chi connectivity index (χ0) is 9.86. The lowest BCUT2D eigenvalue weighted by Gasteiger charge is -2.45. The molecule has 0 amide bonds. The van der Waals surface area contributed by atoms with E-state index in [0.29, 0.717) is 6.10 Å². The van der Waals surface area contributed by atoms with Gasteiger partial charge in [-0.05, 0) is 45.1 Å². The van der Waals surface area contributed by atoms with Crippen molar-refractivity contribution in [3.05, 3.63) is 0 Å². The molecule has 0 aromatic carbocycles. The van der Waals surface area contributed by atoms with Gasteiger partial charge in [-0.25, -0.2) is 0 Å². The molecule has 2 N–H and O–H groups in total. The Balaban J connectivity index is 1.80. The SMILES string of the molecule is NCCC1(OC2CCCCC2)CCC1. The number of hydrogen-bond donors (Lipinski definition) is 1. The van der Waals surface area contributed by atoms with Gasteiger partial charge in [-0.3, -0.25) is 0 Å². The van der Waals surface area contributed by atoms with Gasteiger partial charge < -0.3 is 10.5 Å². The van der Waals surface area contributed by atoms with E-state index in [1.165, 1.54) is 51.4 Å². The van der Waals surface area contributed by atoms with Crippen molar-refractivity contribution in [2.24, 2.45) is 5.73 Å². The molecule has 2 aliphatic carbocycles. The minimum Gasteiger partial charge on any atom is -0.372 e. The van der Waals surface area contributed by atoms with Gasteiger partial charge in [0, 0.05) is 0 Å². The Kier molecular flexibility index (Phi) is 3.45. The van der Waals surface area contributed by atoms with Crippen LogP contribution in [0.5, 0.6) is 0 Å². The molecule has 0 radical (unpaired) electrons. The molecule has 2 nitrogen and oxygen atoms in total. The second-order valence-electron chi connectivity index (χ2n) is 4.95. The number of nitrogens with two attached hydrogens (primary N) is 1. The van der Waals surface area contributed by atoms with Gasteiger partial charge in [-0.15, -0.1) is 0 Å². The molecule has 0 saturated heterocycles. The van der Waals surface area contributed by atoms with Crippen molar-refractivity contribution in [2.45, 2.75) is 69.5 Å². The predicted octanol–water partition coefficient (Wildman–Crippen LogP) is 2.61. The number of hydrogen-bond acceptors (Lipinski definition) is 2. The van der Waals surface area contributed by atoms with E-state index in [-0.39, 0.29) is 5.60 Å². The summed E-state index contributed by atoms with van der Waals surface area (Å²) in [5.41, 5.74) is 5.85. The van der Waals surface area contributed by atoms with Crippen molar-refractivity contribution < 1.29 is 4.74 Å². The van der Waals surface area contributed by atoms with Crippen molar-refractivity contribution >= 4 is 0 Å². The summed E-state index contributed by atoms with van der Waals surface area (Å²) in [6, 6.07) is 0. The van der Waals surface area contributed by atoms with Crippen LogP contribution in [0, 0.1) is 0 Å². The lowest BCUT2D eigenvalue weighted by Crippen LogP contribution is -2.45. The third-order valence-corrected chi connectivity index (χ3v) is 3.83. The van der Waals surface area contributed by atoms with Crippen LogP contribution in [-0.2, 0) is 4.74 Å². The van der Waals surface area contributed by atoms with Crippen molar-refractivity contribution in [3.63, 3.8) is 0 Å². The fraction of sp³-hybridized carbons (Fsp3) is 1.00. The van der Waals surface area contributed by atoms with Gasteiger partial charge in [0.1, 0.15) is 0 Å². The summed E-state index contributed by atoms with van der Waals surface area (Å²) in [5.74, 6) is 0. The molecule has 0 aromatic heterocycles. The highest BCUT2D eigenvalue weighted by Gasteiger charge is 2.39. The average Bonchev–Trinajstić information content (AvgIpc) is 2.16. The second kappa shape index (κ2) is 4.63. The van der Waals surface area contributed by atoms with Crippen molar-refractivity contribution in [2.75, 3.05) is 6.54 Å². The van der Waals surface area contributed by atoms with Gasteiger partial charge in [0.15, 0.2) is 0 Å². The summed E-state index contributed by atoms with van der Waals surface area (Å²) in [5, 5.41) is 0. The third-order valence-electron chi connectivity index (χ3n) is 3.83. The van der Waals surface area contributed by atoms with Crippen LogP contribution in [-0.4, -0.2) is 18.2 Å². The van der Waals surface area contributed by atoms with E-state index in [2.05, 4.69) is 0 Å². The van der Waals surface area contributed by atoms with E-state index in [1.54, 1.807) is 0 Å². The van der Waals surface area contributed by atoms with Crippen LogP contribution in [0.2, 0.25) is 0 Å². The fourth-order valence-corrected chi connectivity index (χ4v) is 2.80. The van der Waals surface area contributed by atoms with E-state index in [0.717, 1.165) is 13.0 Å². The molecule has 0 aromatic rings. The first kappa shape index (κ1) is 10.4. The number of ether oxygens (including phenoxy) is 1. The van der Waals surface area contributed by atoms with E-state index >= 15 is 0 Å². The van der Waals surface area contributed by atoms with Crippen LogP contribution in [0.1, 0.15) is 57.8 Å². The van der Waals surface area contributed by atoms with Gasteiger partial charge in [-0.1, -0.05) is 19.3 Å². The number of rotatable bonds is 4. The van der Waals surface area contributed by atoms with Gasteiger partial charge in [-0.2, -0.15) is 0 Å². The molecule has 2 fully saturated rings. The first-order chi connectivity index (χ1) is 6.85. The van der Waals surface area contributed by atoms with Crippen LogP contribution in [0.4, 0.5) is 0 Å². The summed E-state index contributed by atoms with van der Waals surface area (Å²) in [4.78, 5) is 0. The molecule has 2 saturated carbocycles. The predicted molar refractivity (Wildman–Crippen MR) is 58.2 cm³/mol. The Labute approximate surface area is 87.2 Å². The van der Waals surface area contributed by atoms with Crippen LogP contribution in [0.25, 0.3) is 0 Å². The molecule has 82 valence electrons. The quantitative estimate of drug-likeness (QED) is 0.752. The molecule has 0 spiro atoms. The summed E-state index contributed by atoms with van der Waals surface area (Å²) in [6.45, 7) is 0.784. The first-order valence-corrected chi connectivity index (χ1v) is 6.23. The van der Waals surface area contributed by atoms with Gasteiger partial charge >= 0.3 is 0 Å². The highest BCUT2D eigenvalue weighted by molar-refractivity contribution is 4.91. The molecule has 0 atom stereocenters. The Bertz CT molecular complexity index is 171. The van der Waals surface area contributed by atoms with Crippen molar-refractivity contribution in [1.29, 1.82) is 0 Å². The van der Waals surface area contributed by atoms with Crippen LogP contribution >= 0.6 is 0 Å². The summed E-state index contributed by atoms with van der Waals surface area (Å²) in [6.07, 6.45) is 12.2. The zero-order valence-electron chi connectivity index (χ0n) is 9.13. The Morgan fingerprint density at radius 2 is 1.79 bits per heavy atom. The largest absolute Gasteiger partial charge is 0.372 e. The highest BCUT2D eigenvalue weighted by atomic mass is 16.5. The normalized spacial score (nSPS) is 27.2. The minimum absolute atomic E-state index is 0.205. The molecule has 0 heterocycles. The molecular weight excluding hydrogens is 174 g/mol. The molecule has 14 heavy (non-hydrogen) atoms. The topological polar surface area (TPSA) is 35.2 Å². The maximum atomic E-state index is 6.28. The molecule has 0 unspecified atom stereocenters. The third kappa shape index (κ3) is 2.29. The lowest BCUT2D eigenvalue weighted by molar-refractivity contribution is -0.150. The first-order valence-electron chi connectivity index (χ1n) is 6.23. The van der Waals surface area contributed by atoms with E-state index in [1.807, 2.05) is 0 Å². The van der Waals surface area contributed by atoms with Crippen molar-refractivity contribution in [1.82, 2.24) is 0 Å². The van der Waals surface area contributed by atoms with E-state index in [9.17, 15) is 0 Å². The lowest BCUT2D eigenvalue weighted by atomic mass is 9.77. The maximum Gasteiger partial charge on any atom is 0.0698 e. The van der Waals surface area contributed by atoms with E-state index in [4.69, 9.17) is 10.5 Å². The summed E-state index contributed by atoms with van der Waals surface area (Å²) in [7, 11) is 0. The molecular formula is C12H23NO. The molecule has 2 heteroatoms. The average molecular weight is 197 g/mol. The molecule has 0 bridgehead atoms. The van der Waals surface area contributed by atoms with Gasteiger partial charge in [0.25, 0.3) is 0 Å². The van der Waals surface area contributed by atoms with Crippen LogP contribution in [0.3, 0.4) is 0 Å². The van der Waals surface area contributed by atoms with Crippen molar-refractivity contribution in [3.8, 4) is 0 Å².